The van der Waals surface area contributed by atoms with Crippen molar-refractivity contribution in [3.8, 4) is 17.2 Å². The molecule has 0 aliphatic heterocycles. The van der Waals surface area contributed by atoms with Crippen LogP contribution in [0.1, 0.15) is 15.9 Å². The van der Waals surface area contributed by atoms with Crippen LogP contribution in [-0.2, 0) is 0 Å². The maximum atomic E-state index is 12.5. The van der Waals surface area contributed by atoms with Gasteiger partial charge in [0.2, 0.25) is 5.75 Å². The number of para-hydroxylation sites is 1. The van der Waals surface area contributed by atoms with Gasteiger partial charge in [0.1, 0.15) is 0 Å². The van der Waals surface area contributed by atoms with Crippen molar-refractivity contribution in [3.05, 3.63) is 59.8 Å². The Bertz CT molecular complexity index is 899. The number of fused-ring (bicyclic) bond motifs is 1. The van der Waals surface area contributed by atoms with Gasteiger partial charge in [-0.25, -0.2) is 0 Å². The van der Waals surface area contributed by atoms with Crippen LogP contribution >= 0.6 is 0 Å². The zero-order chi connectivity index (χ0) is 17.1. The summed E-state index contributed by atoms with van der Waals surface area (Å²) in [5.41, 5.74) is 2.22. The molecule has 0 unspecified atom stereocenters. The van der Waals surface area contributed by atoms with Crippen LogP contribution in [0, 0.1) is 0 Å². The summed E-state index contributed by atoms with van der Waals surface area (Å²) < 4.78 is 10.2. The number of aromatic hydroxyl groups is 1. The van der Waals surface area contributed by atoms with Crippen LogP contribution in [0.25, 0.3) is 17.0 Å². The number of phenols is 1. The Morgan fingerprint density at radius 3 is 2.46 bits per heavy atom. The Balaban J connectivity index is 1.92. The van der Waals surface area contributed by atoms with E-state index in [1.54, 1.807) is 24.4 Å². The molecule has 0 amide bonds. The van der Waals surface area contributed by atoms with E-state index < -0.39 is 0 Å². The van der Waals surface area contributed by atoms with E-state index in [0.29, 0.717) is 11.1 Å². The number of ketones is 1. The molecule has 3 aromatic rings. The van der Waals surface area contributed by atoms with Crippen molar-refractivity contribution in [2.75, 3.05) is 14.2 Å². The number of allylic oxidation sites excluding steroid dienone is 1. The van der Waals surface area contributed by atoms with Gasteiger partial charge in [0, 0.05) is 22.7 Å². The fraction of sp³-hybridized carbons (Fsp3) is 0.105. The molecule has 24 heavy (non-hydrogen) atoms. The van der Waals surface area contributed by atoms with E-state index in [1.807, 2.05) is 24.3 Å². The molecule has 2 N–H and O–H groups in total. The van der Waals surface area contributed by atoms with Crippen molar-refractivity contribution in [2.45, 2.75) is 0 Å². The Hall–Kier alpha value is -3.21. The van der Waals surface area contributed by atoms with E-state index in [4.69, 9.17) is 9.47 Å². The van der Waals surface area contributed by atoms with E-state index in [1.165, 1.54) is 20.3 Å². The third kappa shape index (κ3) is 2.84. The molecule has 1 heterocycles. The van der Waals surface area contributed by atoms with Crippen LogP contribution in [0.2, 0.25) is 0 Å². The molecule has 0 radical (unpaired) electrons. The van der Waals surface area contributed by atoms with Crippen molar-refractivity contribution < 1.29 is 19.4 Å². The molecular formula is C19H17NO4. The monoisotopic (exact) mass is 323 g/mol. The number of phenolic OH excluding ortho intramolecular Hbond substituents is 1. The highest BCUT2D eigenvalue weighted by Crippen LogP contribution is 2.37. The minimum atomic E-state index is -0.113. The van der Waals surface area contributed by atoms with Crippen LogP contribution in [-0.4, -0.2) is 30.1 Å². The lowest BCUT2D eigenvalue weighted by molar-refractivity contribution is 0.104. The summed E-state index contributed by atoms with van der Waals surface area (Å²) in [5, 5.41) is 10.8. The quantitative estimate of drug-likeness (QED) is 0.553. The number of nitrogens with one attached hydrogen (secondary N) is 1. The molecular weight excluding hydrogens is 306 g/mol. The van der Waals surface area contributed by atoms with Gasteiger partial charge in [0.25, 0.3) is 0 Å². The number of aromatic nitrogens is 1. The van der Waals surface area contributed by atoms with Gasteiger partial charge in [-0.2, -0.15) is 0 Å². The second kappa shape index (κ2) is 6.50. The summed E-state index contributed by atoms with van der Waals surface area (Å²) in [5.74, 6) is 0.389. The largest absolute Gasteiger partial charge is 0.502 e. The number of rotatable bonds is 5. The molecule has 0 aliphatic rings. The second-order valence-corrected chi connectivity index (χ2v) is 5.22. The molecule has 2 aromatic carbocycles. The van der Waals surface area contributed by atoms with Crippen LogP contribution in [0.3, 0.4) is 0 Å². The normalized spacial score (nSPS) is 11.1. The fourth-order valence-electron chi connectivity index (χ4n) is 2.55. The lowest BCUT2D eigenvalue weighted by Crippen LogP contribution is -1.93. The standard InChI is InChI=1S/C19H17NO4/c1-23-17-9-12(10-18(24-2)19(17)22)7-8-16(21)14-11-20-15-6-4-3-5-13(14)15/h3-11,20,22H,1-2H3/b8-7+. The first-order valence-corrected chi connectivity index (χ1v) is 7.37. The molecule has 0 atom stereocenters. The number of hydrogen-bond donors (Lipinski definition) is 2. The number of aromatic amines is 1. The van der Waals surface area contributed by atoms with Crippen molar-refractivity contribution in [2.24, 2.45) is 0 Å². The zero-order valence-corrected chi connectivity index (χ0v) is 13.4. The maximum Gasteiger partial charge on any atom is 0.200 e. The van der Waals surface area contributed by atoms with Crippen molar-refractivity contribution in [3.63, 3.8) is 0 Å². The summed E-state index contributed by atoms with van der Waals surface area (Å²) in [6, 6.07) is 10.9. The topological polar surface area (TPSA) is 71.6 Å². The molecule has 0 saturated heterocycles. The zero-order valence-electron chi connectivity index (χ0n) is 13.4. The minimum Gasteiger partial charge on any atom is -0.502 e. The third-order valence-corrected chi connectivity index (χ3v) is 3.78. The van der Waals surface area contributed by atoms with E-state index >= 15 is 0 Å². The average Bonchev–Trinajstić information content (AvgIpc) is 3.04. The highest BCUT2D eigenvalue weighted by atomic mass is 16.5. The van der Waals surface area contributed by atoms with Gasteiger partial charge in [-0.15, -0.1) is 0 Å². The molecule has 3 rings (SSSR count). The molecule has 0 spiro atoms. The lowest BCUT2D eigenvalue weighted by Gasteiger charge is -2.09. The second-order valence-electron chi connectivity index (χ2n) is 5.22. The van der Waals surface area contributed by atoms with Crippen LogP contribution in [0.4, 0.5) is 0 Å². The Kier molecular flexibility index (Phi) is 4.24. The first-order chi connectivity index (χ1) is 11.6. The first kappa shape index (κ1) is 15.7. The van der Waals surface area contributed by atoms with Crippen LogP contribution in [0.15, 0.2) is 48.7 Å². The third-order valence-electron chi connectivity index (χ3n) is 3.78. The minimum absolute atomic E-state index is 0.0693. The van der Waals surface area contributed by atoms with E-state index in [9.17, 15) is 9.90 Å². The van der Waals surface area contributed by atoms with E-state index in [0.717, 1.165) is 10.9 Å². The molecule has 122 valence electrons. The van der Waals surface area contributed by atoms with Crippen LogP contribution in [0.5, 0.6) is 17.2 Å². The molecule has 0 bridgehead atoms. The smallest absolute Gasteiger partial charge is 0.200 e. The van der Waals surface area contributed by atoms with Gasteiger partial charge in [-0.1, -0.05) is 24.3 Å². The van der Waals surface area contributed by atoms with Gasteiger partial charge in [0.15, 0.2) is 17.3 Å². The summed E-state index contributed by atoms with van der Waals surface area (Å²) >= 11 is 0. The summed E-state index contributed by atoms with van der Waals surface area (Å²) in [6.45, 7) is 0. The average molecular weight is 323 g/mol. The summed E-state index contributed by atoms with van der Waals surface area (Å²) in [4.78, 5) is 15.5. The predicted molar refractivity (Wildman–Crippen MR) is 92.9 cm³/mol. The van der Waals surface area contributed by atoms with Crippen LogP contribution < -0.4 is 9.47 Å². The van der Waals surface area contributed by atoms with Gasteiger partial charge in [0.05, 0.1) is 14.2 Å². The molecule has 0 saturated carbocycles. The molecule has 5 heteroatoms. The molecule has 5 nitrogen and oxygen atoms in total. The van der Waals surface area contributed by atoms with Crippen molar-refractivity contribution in [1.29, 1.82) is 0 Å². The predicted octanol–water partition coefficient (Wildman–Crippen LogP) is 3.79. The summed E-state index contributed by atoms with van der Waals surface area (Å²) in [6.07, 6.45) is 4.85. The van der Waals surface area contributed by atoms with Gasteiger partial charge >= 0.3 is 0 Å². The number of H-pyrrole nitrogens is 1. The van der Waals surface area contributed by atoms with E-state index in [2.05, 4.69) is 4.98 Å². The Morgan fingerprint density at radius 1 is 1.12 bits per heavy atom. The van der Waals surface area contributed by atoms with E-state index in [-0.39, 0.29) is 23.0 Å². The lowest BCUT2D eigenvalue weighted by atomic mass is 10.1. The molecule has 0 fully saturated rings. The maximum absolute atomic E-state index is 12.5. The highest BCUT2D eigenvalue weighted by molar-refractivity contribution is 6.14. The van der Waals surface area contributed by atoms with Gasteiger partial charge in [-0.3, -0.25) is 4.79 Å². The fourth-order valence-corrected chi connectivity index (χ4v) is 2.55. The van der Waals surface area contributed by atoms with Crippen molar-refractivity contribution in [1.82, 2.24) is 4.98 Å². The number of ether oxygens (including phenoxy) is 2. The SMILES string of the molecule is COc1cc(/C=C/C(=O)c2c[nH]c3ccccc23)cc(OC)c1O. The Labute approximate surface area is 139 Å². The number of benzene rings is 2. The highest BCUT2D eigenvalue weighted by Gasteiger charge is 2.11. The number of hydrogen-bond acceptors (Lipinski definition) is 4. The molecule has 1 aromatic heterocycles. The van der Waals surface area contributed by atoms with Gasteiger partial charge in [-0.05, 0) is 29.8 Å². The first-order valence-electron chi connectivity index (χ1n) is 7.37. The van der Waals surface area contributed by atoms with Crippen molar-refractivity contribution >= 4 is 22.8 Å². The van der Waals surface area contributed by atoms with Gasteiger partial charge < -0.3 is 19.6 Å². The Morgan fingerprint density at radius 2 is 1.79 bits per heavy atom. The number of carbonyl (C=O) groups is 1. The molecule has 0 aliphatic carbocycles. The number of methoxy groups -OCH3 is 2. The number of carbonyl (C=O) groups excluding carboxylic acids is 1. The summed E-state index contributed by atoms with van der Waals surface area (Å²) in [7, 11) is 2.91.